The summed E-state index contributed by atoms with van der Waals surface area (Å²) < 4.78 is 0. The van der Waals surface area contributed by atoms with Crippen LogP contribution in [0.4, 0.5) is 0 Å². The lowest BCUT2D eigenvalue weighted by Crippen LogP contribution is -2.26. The van der Waals surface area contributed by atoms with Gasteiger partial charge in [0, 0.05) is 13.6 Å². The van der Waals surface area contributed by atoms with Crippen molar-refractivity contribution in [2.75, 3.05) is 13.7 Å². The molecule has 3 N–H and O–H groups in total. The van der Waals surface area contributed by atoms with E-state index in [0.717, 1.165) is 5.56 Å². The minimum Gasteiger partial charge on any atom is -0.394 e. The van der Waals surface area contributed by atoms with E-state index in [1.807, 2.05) is 30.3 Å². The number of hydrogen-bond acceptors (Lipinski definition) is 4. The quantitative estimate of drug-likeness (QED) is 0.747. The van der Waals surface area contributed by atoms with Gasteiger partial charge in [0.25, 0.3) is 5.91 Å². The lowest BCUT2D eigenvalue weighted by Gasteiger charge is -2.16. The van der Waals surface area contributed by atoms with E-state index in [0.29, 0.717) is 17.9 Å². The third-order valence-corrected chi connectivity index (χ3v) is 3.17. The normalized spacial score (nSPS) is 11.9. The minimum atomic E-state index is -0.310. The number of aliphatic hydroxyl groups excluding tert-OH is 1. The molecule has 21 heavy (non-hydrogen) atoms. The predicted molar refractivity (Wildman–Crippen MR) is 80.7 cm³/mol. The SMILES string of the molecule is CNC(=O)c1cccc(C(CO)NCc2ccccc2)n1. The highest BCUT2D eigenvalue weighted by Gasteiger charge is 2.13. The van der Waals surface area contributed by atoms with Crippen molar-refractivity contribution in [2.45, 2.75) is 12.6 Å². The van der Waals surface area contributed by atoms with Crippen molar-refractivity contribution in [1.29, 1.82) is 0 Å². The number of nitrogens with zero attached hydrogens (tertiary/aromatic N) is 1. The third-order valence-electron chi connectivity index (χ3n) is 3.17. The summed E-state index contributed by atoms with van der Waals surface area (Å²) in [6.45, 7) is 0.537. The van der Waals surface area contributed by atoms with Crippen LogP contribution >= 0.6 is 0 Å². The molecule has 2 rings (SSSR count). The fraction of sp³-hybridized carbons (Fsp3) is 0.250. The maximum absolute atomic E-state index is 11.6. The molecule has 5 nitrogen and oxygen atoms in total. The fourth-order valence-corrected chi connectivity index (χ4v) is 2.00. The molecule has 1 aromatic carbocycles. The number of hydrogen-bond donors (Lipinski definition) is 3. The molecule has 0 spiro atoms. The van der Waals surface area contributed by atoms with Crippen LogP contribution in [-0.4, -0.2) is 29.7 Å². The monoisotopic (exact) mass is 285 g/mol. The number of carbonyl (C=O) groups excluding carboxylic acids is 1. The first-order valence-corrected chi connectivity index (χ1v) is 6.81. The number of amides is 1. The Bertz CT molecular complexity index is 587. The van der Waals surface area contributed by atoms with Crippen molar-refractivity contribution in [3.05, 3.63) is 65.5 Å². The van der Waals surface area contributed by atoms with Gasteiger partial charge in [-0.1, -0.05) is 36.4 Å². The van der Waals surface area contributed by atoms with E-state index in [9.17, 15) is 9.90 Å². The Labute approximate surface area is 124 Å². The summed E-state index contributed by atoms with van der Waals surface area (Å²) in [6.07, 6.45) is 0. The van der Waals surface area contributed by atoms with Gasteiger partial charge in [-0.05, 0) is 17.7 Å². The van der Waals surface area contributed by atoms with Crippen LogP contribution in [-0.2, 0) is 6.54 Å². The van der Waals surface area contributed by atoms with Gasteiger partial charge in [0.1, 0.15) is 5.69 Å². The van der Waals surface area contributed by atoms with E-state index in [-0.39, 0.29) is 18.6 Å². The van der Waals surface area contributed by atoms with Gasteiger partial charge in [-0.25, -0.2) is 4.98 Å². The number of nitrogens with one attached hydrogen (secondary N) is 2. The van der Waals surface area contributed by atoms with E-state index < -0.39 is 0 Å². The smallest absolute Gasteiger partial charge is 0.269 e. The van der Waals surface area contributed by atoms with Crippen LogP contribution in [0.3, 0.4) is 0 Å². The second-order valence-corrected chi connectivity index (χ2v) is 4.63. The van der Waals surface area contributed by atoms with Crippen molar-refractivity contribution in [3.8, 4) is 0 Å². The molecule has 1 amide bonds. The van der Waals surface area contributed by atoms with E-state index in [1.165, 1.54) is 0 Å². The molecular formula is C16H19N3O2. The Morgan fingerprint density at radius 3 is 2.62 bits per heavy atom. The van der Waals surface area contributed by atoms with Crippen molar-refractivity contribution in [2.24, 2.45) is 0 Å². The Morgan fingerprint density at radius 2 is 1.95 bits per heavy atom. The van der Waals surface area contributed by atoms with Crippen molar-refractivity contribution >= 4 is 5.91 Å². The van der Waals surface area contributed by atoms with E-state index in [4.69, 9.17) is 0 Å². The van der Waals surface area contributed by atoms with Gasteiger partial charge < -0.3 is 15.7 Å². The van der Waals surface area contributed by atoms with Gasteiger partial charge in [0.15, 0.2) is 0 Å². The van der Waals surface area contributed by atoms with Crippen LogP contribution in [0.15, 0.2) is 48.5 Å². The number of rotatable bonds is 6. The van der Waals surface area contributed by atoms with Crippen LogP contribution in [0.25, 0.3) is 0 Å². The first kappa shape index (κ1) is 15.2. The number of benzene rings is 1. The number of aromatic nitrogens is 1. The molecule has 0 aliphatic heterocycles. The molecule has 1 heterocycles. The number of aliphatic hydroxyl groups is 1. The van der Waals surface area contributed by atoms with Gasteiger partial charge >= 0.3 is 0 Å². The molecule has 2 aromatic rings. The van der Waals surface area contributed by atoms with Crippen molar-refractivity contribution in [3.63, 3.8) is 0 Å². The van der Waals surface area contributed by atoms with Crippen LogP contribution in [0, 0.1) is 0 Å². The summed E-state index contributed by atoms with van der Waals surface area (Å²) in [5.41, 5.74) is 2.11. The molecule has 0 aliphatic carbocycles. The zero-order valence-electron chi connectivity index (χ0n) is 11.9. The predicted octanol–water partition coefficient (Wildman–Crippen LogP) is 1.26. The average Bonchev–Trinajstić information content (AvgIpc) is 2.56. The summed E-state index contributed by atoms with van der Waals surface area (Å²) in [6, 6.07) is 14.8. The lowest BCUT2D eigenvalue weighted by molar-refractivity contribution is 0.0957. The van der Waals surface area contributed by atoms with Crippen LogP contribution < -0.4 is 10.6 Å². The highest BCUT2D eigenvalue weighted by atomic mass is 16.3. The maximum Gasteiger partial charge on any atom is 0.269 e. The van der Waals surface area contributed by atoms with Gasteiger partial charge in [-0.2, -0.15) is 0 Å². The van der Waals surface area contributed by atoms with E-state index in [1.54, 1.807) is 25.2 Å². The van der Waals surface area contributed by atoms with Crippen molar-refractivity contribution in [1.82, 2.24) is 15.6 Å². The van der Waals surface area contributed by atoms with E-state index >= 15 is 0 Å². The lowest BCUT2D eigenvalue weighted by atomic mass is 10.1. The molecule has 1 unspecified atom stereocenters. The zero-order chi connectivity index (χ0) is 15.1. The second kappa shape index (κ2) is 7.52. The highest BCUT2D eigenvalue weighted by Crippen LogP contribution is 2.12. The standard InChI is InChI=1S/C16H19N3O2/c1-17-16(21)14-9-5-8-13(19-14)15(11-20)18-10-12-6-3-2-4-7-12/h2-9,15,18,20H,10-11H2,1H3,(H,17,21). The molecule has 5 heteroatoms. The topological polar surface area (TPSA) is 74.2 Å². The van der Waals surface area contributed by atoms with Gasteiger partial charge in [-0.3, -0.25) is 4.79 Å². The number of pyridine rings is 1. The molecule has 0 saturated carbocycles. The highest BCUT2D eigenvalue weighted by molar-refractivity contribution is 5.91. The average molecular weight is 285 g/mol. The molecule has 1 atom stereocenters. The van der Waals surface area contributed by atoms with Gasteiger partial charge in [0.2, 0.25) is 0 Å². The first-order valence-electron chi connectivity index (χ1n) is 6.81. The van der Waals surface area contributed by atoms with Crippen LogP contribution in [0.1, 0.15) is 27.8 Å². The summed E-state index contributed by atoms with van der Waals surface area (Å²) in [7, 11) is 1.56. The molecule has 0 radical (unpaired) electrons. The Hall–Kier alpha value is -2.24. The second-order valence-electron chi connectivity index (χ2n) is 4.63. The molecule has 0 saturated heterocycles. The molecule has 110 valence electrons. The summed E-state index contributed by atoms with van der Waals surface area (Å²) >= 11 is 0. The minimum absolute atomic E-state index is 0.0863. The summed E-state index contributed by atoms with van der Waals surface area (Å²) in [5, 5.41) is 15.3. The van der Waals surface area contributed by atoms with Crippen LogP contribution in [0.2, 0.25) is 0 Å². The Balaban J connectivity index is 2.08. The molecule has 0 aliphatic rings. The summed E-state index contributed by atoms with van der Waals surface area (Å²) in [5.74, 6) is -0.239. The maximum atomic E-state index is 11.6. The molecule has 0 fully saturated rings. The van der Waals surface area contributed by atoms with Crippen molar-refractivity contribution < 1.29 is 9.90 Å². The van der Waals surface area contributed by atoms with Crippen LogP contribution in [0.5, 0.6) is 0 Å². The molecular weight excluding hydrogens is 266 g/mol. The number of carbonyl (C=O) groups is 1. The third kappa shape index (κ3) is 4.11. The molecule has 1 aromatic heterocycles. The van der Waals surface area contributed by atoms with Gasteiger partial charge in [0.05, 0.1) is 18.3 Å². The Morgan fingerprint density at radius 1 is 1.19 bits per heavy atom. The van der Waals surface area contributed by atoms with E-state index in [2.05, 4.69) is 15.6 Å². The molecule has 0 bridgehead atoms. The van der Waals surface area contributed by atoms with Gasteiger partial charge in [-0.15, -0.1) is 0 Å². The zero-order valence-corrected chi connectivity index (χ0v) is 11.9. The first-order chi connectivity index (χ1) is 10.2. The largest absolute Gasteiger partial charge is 0.394 e. The summed E-state index contributed by atoms with van der Waals surface area (Å²) in [4.78, 5) is 15.9. The Kier molecular flexibility index (Phi) is 5.43. The fourth-order valence-electron chi connectivity index (χ4n) is 2.00.